The molecule has 2 unspecified atom stereocenters. The number of ether oxygens (including phenoxy) is 2. The van der Waals surface area contributed by atoms with E-state index in [1.807, 2.05) is 19.1 Å². The second-order valence-corrected chi connectivity index (χ2v) is 4.59. The van der Waals surface area contributed by atoms with E-state index >= 15 is 0 Å². The van der Waals surface area contributed by atoms with Crippen molar-refractivity contribution in [3.05, 3.63) is 23.4 Å². The molecule has 1 saturated heterocycles. The first-order valence-corrected chi connectivity index (χ1v) is 6.16. The number of nitrogens with zero attached hydrogens (tertiary/aromatic N) is 2. The highest BCUT2D eigenvalue weighted by molar-refractivity contribution is 5.49. The van der Waals surface area contributed by atoms with Gasteiger partial charge in [-0.2, -0.15) is 0 Å². The molecule has 0 aliphatic carbocycles. The Morgan fingerprint density at radius 3 is 2.39 bits per heavy atom. The SMILES string of the molecule is COC1CN(c2nc(C)ccc2CN)CC1OC. The van der Waals surface area contributed by atoms with Gasteiger partial charge in [0.25, 0.3) is 0 Å². The van der Waals surface area contributed by atoms with Crippen molar-refractivity contribution >= 4 is 5.82 Å². The molecule has 2 heterocycles. The molecule has 2 rings (SSSR count). The number of pyridine rings is 1. The fourth-order valence-corrected chi connectivity index (χ4v) is 2.37. The Morgan fingerprint density at radius 1 is 1.28 bits per heavy atom. The third kappa shape index (κ3) is 2.48. The van der Waals surface area contributed by atoms with Gasteiger partial charge in [-0.3, -0.25) is 0 Å². The van der Waals surface area contributed by atoms with Gasteiger partial charge in [-0.15, -0.1) is 0 Å². The minimum absolute atomic E-state index is 0.0861. The first kappa shape index (κ1) is 13.3. The summed E-state index contributed by atoms with van der Waals surface area (Å²) in [5.41, 5.74) is 7.83. The van der Waals surface area contributed by atoms with E-state index < -0.39 is 0 Å². The number of aryl methyl sites for hydroxylation is 1. The van der Waals surface area contributed by atoms with Crippen molar-refractivity contribution in [2.45, 2.75) is 25.7 Å². The molecule has 18 heavy (non-hydrogen) atoms. The third-order valence-corrected chi connectivity index (χ3v) is 3.44. The largest absolute Gasteiger partial charge is 0.377 e. The molecule has 2 N–H and O–H groups in total. The third-order valence-electron chi connectivity index (χ3n) is 3.44. The number of anilines is 1. The van der Waals surface area contributed by atoms with Gasteiger partial charge in [0.1, 0.15) is 18.0 Å². The molecule has 5 heteroatoms. The van der Waals surface area contributed by atoms with Crippen molar-refractivity contribution < 1.29 is 9.47 Å². The first-order chi connectivity index (χ1) is 8.69. The summed E-state index contributed by atoms with van der Waals surface area (Å²) in [4.78, 5) is 6.79. The van der Waals surface area contributed by atoms with E-state index in [9.17, 15) is 0 Å². The van der Waals surface area contributed by atoms with Crippen LogP contribution in [0.5, 0.6) is 0 Å². The predicted molar refractivity (Wildman–Crippen MR) is 70.7 cm³/mol. The summed E-state index contributed by atoms with van der Waals surface area (Å²) in [6, 6.07) is 4.03. The topological polar surface area (TPSA) is 60.6 Å². The summed E-state index contributed by atoms with van der Waals surface area (Å²) in [5.74, 6) is 0.958. The van der Waals surface area contributed by atoms with Gasteiger partial charge in [0.2, 0.25) is 0 Å². The molecule has 0 radical (unpaired) electrons. The van der Waals surface area contributed by atoms with Gasteiger partial charge in [0.05, 0.1) is 0 Å². The van der Waals surface area contributed by atoms with Crippen molar-refractivity contribution in [1.29, 1.82) is 0 Å². The standard InChI is InChI=1S/C13H21N3O2/c1-9-4-5-10(6-14)13(15-9)16-7-11(17-2)12(8-16)18-3/h4-5,11-12H,6-8,14H2,1-3H3. The predicted octanol–water partition coefficient (Wildman–Crippen LogP) is 0.699. The summed E-state index contributed by atoms with van der Waals surface area (Å²) >= 11 is 0. The maximum Gasteiger partial charge on any atom is 0.133 e. The van der Waals surface area contributed by atoms with Gasteiger partial charge < -0.3 is 20.1 Å². The van der Waals surface area contributed by atoms with Crippen LogP contribution >= 0.6 is 0 Å². The van der Waals surface area contributed by atoms with Crippen LogP contribution < -0.4 is 10.6 Å². The van der Waals surface area contributed by atoms with E-state index in [0.717, 1.165) is 30.2 Å². The molecule has 1 aliphatic rings. The summed E-state index contributed by atoms with van der Waals surface area (Å²) in [7, 11) is 3.43. The molecule has 2 atom stereocenters. The molecule has 0 bridgehead atoms. The molecule has 1 aliphatic heterocycles. The fraction of sp³-hybridized carbons (Fsp3) is 0.615. The van der Waals surface area contributed by atoms with Gasteiger partial charge in [-0.1, -0.05) is 6.07 Å². The summed E-state index contributed by atoms with van der Waals surface area (Å²) in [6.45, 7) is 4.06. The van der Waals surface area contributed by atoms with Crippen LogP contribution in [-0.4, -0.2) is 44.5 Å². The van der Waals surface area contributed by atoms with Gasteiger partial charge in [-0.25, -0.2) is 4.98 Å². The first-order valence-electron chi connectivity index (χ1n) is 6.16. The normalized spacial score (nSPS) is 23.7. The van der Waals surface area contributed by atoms with E-state index in [2.05, 4.69) is 9.88 Å². The summed E-state index contributed by atoms with van der Waals surface area (Å²) in [6.07, 6.45) is 0.172. The van der Waals surface area contributed by atoms with Crippen molar-refractivity contribution in [2.75, 3.05) is 32.2 Å². The van der Waals surface area contributed by atoms with Crippen LogP contribution in [0.25, 0.3) is 0 Å². The molecular weight excluding hydrogens is 230 g/mol. The number of aromatic nitrogens is 1. The Kier molecular flexibility index (Phi) is 4.16. The van der Waals surface area contributed by atoms with Gasteiger partial charge in [0.15, 0.2) is 0 Å². The lowest BCUT2D eigenvalue weighted by Crippen LogP contribution is -2.27. The van der Waals surface area contributed by atoms with Crippen molar-refractivity contribution in [1.82, 2.24) is 4.98 Å². The van der Waals surface area contributed by atoms with Crippen LogP contribution in [0.4, 0.5) is 5.82 Å². The highest BCUT2D eigenvalue weighted by Gasteiger charge is 2.34. The number of rotatable bonds is 4. The molecular formula is C13H21N3O2. The van der Waals surface area contributed by atoms with Crippen LogP contribution in [0.2, 0.25) is 0 Å². The molecule has 5 nitrogen and oxygen atoms in total. The Balaban J connectivity index is 2.24. The molecule has 0 saturated carbocycles. The van der Waals surface area contributed by atoms with Crippen LogP contribution in [0.3, 0.4) is 0 Å². The van der Waals surface area contributed by atoms with Gasteiger partial charge in [-0.05, 0) is 13.0 Å². The quantitative estimate of drug-likeness (QED) is 0.853. The molecule has 0 spiro atoms. The maximum atomic E-state index is 5.77. The number of hydrogen-bond acceptors (Lipinski definition) is 5. The van der Waals surface area contributed by atoms with E-state index in [-0.39, 0.29) is 12.2 Å². The number of hydrogen-bond donors (Lipinski definition) is 1. The van der Waals surface area contributed by atoms with Crippen molar-refractivity contribution in [3.63, 3.8) is 0 Å². The van der Waals surface area contributed by atoms with Crippen LogP contribution in [0.15, 0.2) is 12.1 Å². The second kappa shape index (κ2) is 5.65. The number of methoxy groups -OCH3 is 2. The lowest BCUT2D eigenvalue weighted by atomic mass is 10.2. The lowest BCUT2D eigenvalue weighted by Gasteiger charge is -2.20. The molecule has 1 aromatic heterocycles. The average Bonchev–Trinajstić information content (AvgIpc) is 2.81. The lowest BCUT2D eigenvalue weighted by molar-refractivity contribution is -0.00461. The molecule has 100 valence electrons. The molecule has 0 aromatic carbocycles. The number of nitrogens with two attached hydrogens (primary N) is 1. The van der Waals surface area contributed by atoms with E-state index in [0.29, 0.717) is 6.54 Å². The Bertz CT molecular complexity index is 399. The summed E-state index contributed by atoms with van der Waals surface area (Å²) < 4.78 is 10.9. The van der Waals surface area contributed by atoms with Crippen LogP contribution in [-0.2, 0) is 16.0 Å². The average molecular weight is 251 g/mol. The van der Waals surface area contributed by atoms with Crippen LogP contribution in [0.1, 0.15) is 11.3 Å². The molecule has 0 amide bonds. The Morgan fingerprint density at radius 2 is 1.89 bits per heavy atom. The zero-order chi connectivity index (χ0) is 13.1. The van der Waals surface area contributed by atoms with Crippen molar-refractivity contribution in [3.8, 4) is 0 Å². The smallest absolute Gasteiger partial charge is 0.133 e. The van der Waals surface area contributed by atoms with Gasteiger partial charge in [0, 0.05) is 45.1 Å². The monoisotopic (exact) mass is 251 g/mol. The Hall–Kier alpha value is -1.17. The zero-order valence-corrected chi connectivity index (χ0v) is 11.2. The minimum atomic E-state index is 0.0861. The minimum Gasteiger partial charge on any atom is -0.377 e. The van der Waals surface area contributed by atoms with E-state index in [1.54, 1.807) is 14.2 Å². The second-order valence-electron chi connectivity index (χ2n) is 4.59. The van der Waals surface area contributed by atoms with E-state index in [4.69, 9.17) is 15.2 Å². The molecule has 1 aromatic rings. The highest BCUT2D eigenvalue weighted by atomic mass is 16.5. The molecule has 1 fully saturated rings. The highest BCUT2D eigenvalue weighted by Crippen LogP contribution is 2.25. The Labute approximate surface area is 108 Å². The summed E-state index contributed by atoms with van der Waals surface area (Å²) in [5, 5.41) is 0. The van der Waals surface area contributed by atoms with Crippen LogP contribution in [0, 0.1) is 6.92 Å². The fourth-order valence-electron chi connectivity index (χ4n) is 2.37. The van der Waals surface area contributed by atoms with Gasteiger partial charge >= 0.3 is 0 Å². The van der Waals surface area contributed by atoms with E-state index in [1.165, 1.54) is 0 Å². The maximum absolute atomic E-state index is 5.77. The zero-order valence-electron chi connectivity index (χ0n) is 11.2. The van der Waals surface area contributed by atoms with Crippen molar-refractivity contribution in [2.24, 2.45) is 5.73 Å².